The molecule has 1 N–H and O–H groups in total. The zero-order valence-electron chi connectivity index (χ0n) is 17.2. The van der Waals surface area contributed by atoms with Crippen LogP contribution >= 0.6 is 11.8 Å². The lowest BCUT2D eigenvalue weighted by Gasteiger charge is -2.38. The molecule has 0 aliphatic heterocycles. The number of anilines is 1. The number of thioether (sulfide) groups is 1. The van der Waals surface area contributed by atoms with Crippen molar-refractivity contribution < 1.29 is 9.59 Å². The largest absolute Gasteiger partial charge is 0.325 e. The maximum atomic E-state index is 13.4. The molecule has 1 aromatic rings. The molecule has 0 saturated heterocycles. The molecule has 0 spiro atoms. The smallest absolute Gasteiger partial charge is 0.230 e. The van der Waals surface area contributed by atoms with Crippen LogP contribution in [0.15, 0.2) is 24.3 Å². The van der Waals surface area contributed by atoms with Crippen LogP contribution in [0, 0.1) is 11.3 Å². The van der Waals surface area contributed by atoms with Gasteiger partial charge in [0.2, 0.25) is 5.91 Å². The average Bonchev–Trinajstić information content (AvgIpc) is 2.71. The molecule has 1 saturated carbocycles. The summed E-state index contributed by atoms with van der Waals surface area (Å²) in [7, 11) is 0. The van der Waals surface area contributed by atoms with Gasteiger partial charge in [0.05, 0.1) is 0 Å². The fraction of sp³-hybridized carbons (Fsp3) is 0.652. The lowest BCUT2D eigenvalue weighted by molar-refractivity contribution is -0.128. The Morgan fingerprint density at radius 2 is 1.74 bits per heavy atom. The number of nitrogens with one attached hydrogen (secondary N) is 1. The number of para-hydroxylation sites is 1. The van der Waals surface area contributed by atoms with Crippen LogP contribution in [0.4, 0.5) is 5.69 Å². The Labute approximate surface area is 169 Å². The minimum atomic E-state index is -0.228. The average molecular weight is 390 g/mol. The summed E-state index contributed by atoms with van der Waals surface area (Å²) in [6.07, 6.45) is 9.35. The van der Waals surface area contributed by atoms with Crippen LogP contribution in [0.25, 0.3) is 0 Å². The zero-order valence-corrected chi connectivity index (χ0v) is 18.0. The van der Waals surface area contributed by atoms with Crippen LogP contribution in [0.3, 0.4) is 0 Å². The Kier molecular flexibility index (Phi) is 8.88. The van der Waals surface area contributed by atoms with Gasteiger partial charge in [-0.25, -0.2) is 0 Å². The summed E-state index contributed by atoms with van der Waals surface area (Å²) in [5, 5.41) is 3.44. The van der Waals surface area contributed by atoms with Gasteiger partial charge in [-0.15, -0.1) is 0 Å². The predicted molar refractivity (Wildman–Crippen MR) is 116 cm³/mol. The van der Waals surface area contributed by atoms with Gasteiger partial charge < -0.3 is 5.32 Å². The Bertz CT molecular complexity index is 619. The van der Waals surface area contributed by atoms with Crippen molar-refractivity contribution in [3.8, 4) is 0 Å². The molecule has 1 aliphatic carbocycles. The lowest BCUT2D eigenvalue weighted by Crippen LogP contribution is -2.39. The molecule has 1 aliphatic rings. The molecule has 0 atom stereocenters. The minimum Gasteiger partial charge on any atom is -0.325 e. The monoisotopic (exact) mass is 389 g/mol. The second-order valence-corrected chi connectivity index (χ2v) is 8.89. The predicted octanol–water partition coefficient (Wildman–Crippen LogP) is 6.57. The highest BCUT2D eigenvalue weighted by atomic mass is 32.2. The van der Waals surface area contributed by atoms with E-state index in [2.05, 4.69) is 19.2 Å². The molecule has 0 aromatic heterocycles. The van der Waals surface area contributed by atoms with Crippen molar-refractivity contribution in [1.82, 2.24) is 0 Å². The van der Waals surface area contributed by atoms with Crippen LogP contribution in [-0.2, 0) is 15.3 Å². The van der Waals surface area contributed by atoms with Crippen LogP contribution in [-0.4, -0.2) is 11.0 Å². The van der Waals surface area contributed by atoms with E-state index in [0.29, 0.717) is 18.1 Å². The number of carbonyl (C=O) groups is 2. The zero-order chi connectivity index (χ0) is 19.7. The molecule has 1 amide bonds. The lowest BCUT2D eigenvalue weighted by atomic mass is 9.67. The highest BCUT2D eigenvalue weighted by Crippen LogP contribution is 2.44. The fourth-order valence-corrected chi connectivity index (χ4v) is 4.94. The van der Waals surface area contributed by atoms with E-state index in [0.717, 1.165) is 56.2 Å². The van der Waals surface area contributed by atoms with Crippen molar-refractivity contribution in [3.05, 3.63) is 29.8 Å². The Morgan fingerprint density at radius 1 is 1.07 bits per heavy atom. The molecular formula is C23H35NO2S. The van der Waals surface area contributed by atoms with Crippen molar-refractivity contribution in [2.45, 2.75) is 84.3 Å². The van der Waals surface area contributed by atoms with Crippen molar-refractivity contribution in [2.24, 2.45) is 11.3 Å². The van der Waals surface area contributed by atoms with Crippen molar-refractivity contribution >= 4 is 28.5 Å². The molecule has 0 heterocycles. The van der Waals surface area contributed by atoms with E-state index in [-0.39, 0.29) is 16.4 Å². The normalized spacial score (nSPS) is 16.3. The molecule has 0 unspecified atom stereocenters. The van der Waals surface area contributed by atoms with Gasteiger partial charge in [0.25, 0.3) is 0 Å². The van der Waals surface area contributed by atoms with Gasteiger partial charge in [0, 0.05) is 23.3 Å². The first-order valence-corrected chi connectivity index (χ1v) is 11.6. The van der Waals surface area contributed by atoms with E-state index in [1.54, 1.807) is 0 Å². The molecule has 1 fully saturated rings. The molecule has 2 rings (SSSR count). The maximum Gasteiger partial charge on any atom is 0.230 e. The summed E-state index contributed by atoms with van der Waals surface area (Å²) in [4.78, 5) is 25.1. The second kappa shape index (κ2) is 10.9. The molecule has 0 bridgehead atoms. The molecular weight excluding hydrogens is 354 g/mol. The summed E-state index contributed by atoms with van der Waals surface area (Å²) in [6.45, 7) is 6.35. The molecule has 27 heavy (non-hydrogen) atoms. The van der Waals surface area contributed by atoms with Crippen LogP contribution in [0.2, 0.25) is 0 Å². The molecule has 1 aromatic carbocycles. The van der Waals surface area contributed by atoms with Gasteiger partial charge in [0.15, 0.2) is 5.12 Å². The van der Waals surface area contributed by atoms with Crippen LogP contribution < -0.4 is 5.32 Å². The van der Waals surface area contributed by atoms with Crippen molar-refractivity contribution in [3.63, 3.8) is 0 Å². The summed E-state index contributed by atoms with van der Waals surface area (Å²) in [5.41, 5.74) is 1.67. The molecule has 3 nitrogen and oxygen atoms in total. The number of hydrogen-bond acceptors (Lipinski definition) is 3. The van der Waals surface area contributed by atoms with Gasteiger partial charge in [-0.1, -0.05) is 82.8 Å². The first kappa shape index (κ1) is 22.0. The Hall–Kier alpha value is -1.29. The highest BCUT2D eigenvalue weighted by Gasteiger charge is 2.40. The maximum absolute atomic E-state index is 13.4. The van der Waals surface area contributed by atoms with E-state index in [1.165, 1.54) is 18.2 Å². The van der Waals surface area contributed by atoms with Crippen LogP contribution in [0.1, 0.15) is 84.1 Å². The van der Waals surface area contributed by atoms with E-state index < -0.39 is 0 Å². The van der Waals surface area contributed by atoms with E-state index in [9.17, 15) is 9.59 Å². The first-order chi connectivity index (χ1) is 13.0. The fourth-order valence-electron chi connectivity index (χ4n) is 4.17. The van der Waals surface area contributed by atoms with Gasteiger partial charge in [0.1, 0.15) is 0 Å². The number of carbonyl (C=O) groups excluding carboxylic acids is 2. The number of rotatable bonds is 9. The standard InChI is InChI=1S/C23H35NO2S/c1-4-18(5-2)16-23(14-10-7-11-15-23)22(26)24-20-13-9-8-12-19(20)17-27-21(25)6-3/h8-9,12-13,18H,4-7,10-11,14-17H2,1-3H3,(H,24,26). The summed E-state index contributed by atoms with van der Waals surface area (Å²) in [6, 6.07) is 7.92. The molecule has 150 valence electrons. The quantitative estimate of drug-likeness (QED) is 0.519. The highest BCUT2D eigenvalue weighted by molar-refractivity contribution is 8.12. The topological polar surface area (TPSA) is 46.2 Å². The number of amides is 1. The van der Waals surface area contributed by atoms with E-state index in [4.69, 9.17) is 0 Å². The van der Waals surface area contributed by atoms with Gasteiger partial charge >= 0.3 is 0 Å². The van der Waals surface area contributed by atoms with E-state index >= 15 is 0 Å². The summed E-state index contributed by atoms with van der Waals surface area (Å²) >= 11 is 1.33. The molecule has 0 radical (unpaired) electrons. The third-order valence-corrected chi connectivity index (χ3v) is 7.14. The Morgan fingerprint density at radius 3 is 2.37 bits per heavy atom. The first-order valence-electron chi connectivity index (χ1n) is 10.6. The van der Waals surface area contributed by atoms with Gasteiger partial charge in [-0.3, -0.25) is 9.59 Å². The summed E-state index contributed by atoms with van der Waals surface area (Å²) < 4.78 is 0. The minimum absolute atomic E-state index is 0.188. The van der Waals surface area contributed by atoms with Gasteiger partial charge in [-0.05, 0) is 36.8 Å². The van der Waals surface area contributed by atoms with Gasteiger partial charge in [-0.2, -0.15) is 0 Å². The molecule has 4 heteroatoms. The van der Waals surface area contributed by atoms with Crippen molar-refractivity contribution in [1.29, 1.82) is 0 Å². The van der Waals surface area contributed by atoms with Crippen molar-refractivity contribution in [2.75, 3.05) is 5.32 Å². The third kappa shape index (κ3) is 6.10. The van der Waals surface area contributed by atoms with Crippen LogP contribution in [0.5, 0.6) is 0 Å². The third-order valence-electron chi connectivity index (χ3n) is 6.07. The SMILES string of the molecule is CCC(=O)SCc1ccccc1NC(=O)C1(CC(CC)CC)CCCCC1. The number of benzene rings is 1. The second-order valence-electron chi connectivity index (χ2n) is 7.85. The number of hydrogen-bond donors (Lipinski definition) is 1. The Balaban J connectivity index is 2.16. The van der Waals surface area contributed by atoms with E-state index in [1.807, 2.05) is 31.2 Å². The summed E-state index contributed by atoms with van der Waals surface area (Å²) in [5.74, 6) is 1.41.